The Labute approximate surface area is 135 Å². The number of aliphatic hydroxyl groups excluding tert-OH is 1. The van der Waals surface area contributed by atoms with Crippen molar-refractivity contribution in [2.75, 3.05) is 18.6 Å². The van der Waals surface area contributed by atoms with E-state index < -0.39 is 11.9 Å². The SMILES string of the molecule is CCOC(=O)C1=C(O)CC(CC)N(c2ccc(OC)cc2)C1=O. The number of hydrogen-bond donors (Lipinski definition) is 1. The van der Waals surface area contributed by atoms with Gasteiger partial charge in [-0.15, -0.1) is 0 Å². The summed E-state index contributed by atoms with van der Waals surface area (Å²) in [7, 11) is 1.57. The molecule has 1 aromatic carbocycles. The molecule has 1 heterocycles. The summed E-state index contributed by atoms with van der Waals surface area (Å²) in [6.45, 7) is 3.72. The smallest absolute Gasteiger partial charge is 0.347 e. The first-order valence-corrected chi connectivity index (χ1v) is 7.60. The summed E-state index contributed by atoms with van der Waals surface area (Å²) >= 11 is 0. The van der Waals surface area contributed by atoms with Crippen LogP contribution in [0.25, 0.3) is 0 Å². The lowest BCUT2D eigenvalue weighted by atomic mass is 9.97. The fraction of sp³-hybridized carbons (Fsp3) is 0.412. The van der Waals surface area contributed by atoms with E-state index in [2.05, 4.69) is 0 Å². The second-order valence-electron chi connectivity index (χ2n) is 5.18. The van der Waals surface area contributed by atoms with E-state index in [9.17, 15) is 14.7 Å². The molecule has 1 unspecified atom stereocenters. The third-order valence-corrected chi connectivity index (χ3v) is 3.82. The number of anilines is 1. The molecule has 1 aliphatic heterocycles. The summed E-state index contributed by atoms with van der Waals surface area (Å²) in [5.74, 6) is -0.854. The molecule has 1 aromatic rings. The van der Waals surface area contributed by atoms with Crippen LogP contribution in [-0.2, 0) is 14.3 Å². The van der Waals surface area contributed by atoms with E-state index in [-0.39, 0.29) is 30.4 Å². The van der Waals surface area contributed by atoms with Crippen molar-refractivity contribution in [3.8, 4) is 5.75 Å². The van der Waals surface area contributed by atoms with E-state index in [0.29, 0.717) is 17.9 Å². The number of amides is 1. The Hall–Kier alpha value is -2.50. The van der Waals surface area contributed by atoms with E-state index in [1.807, 2.05) is 6.92 Å². The van der Waals surface area contributed by atoms with Crippen LogP contribution < -0.4 is 9.64 Å². The van der Waals surface area contributed by atoms with Gasteiger partial charge in [-0.3, -0.25) is 4.79 Å². The van der Waals surface area contributed by atoms with Crippen LogP contribution >= 0.6 is 0 Å². The number of aliphatic hydroxyl groups is 1. The van der Waals surface area contributed by atoms with Crippen molar-refractivity contribution in [2.45, 2.75) is 32.7 Å². The molecule has 0 bridgehead atoms. The fourth-order valence-corrected chi connectivity index (χ4v) is 2.63. The molecule has 0 saturated carbocycles. The number of benzene rings is 1. The van der Waals surface area contributed by atoms with Gasteiger partial charge in [-0.2, -0.15) is 0 Å². The van der Waals surface area contributed by atoms with Crippen LogP contribution in [0.3, 0.4) is 0 Å². The molecule has 2 rings (SSSR count). The quantitative estimate of drug-likeness (QED) is 0.667. The Morgan fingerprint density at radius 2 is 1.96 bits per heavy atom. The molecule has 0 radical (unpaired) electrons. The zero-order valence-corrected chi connectivity index (χ0v) is 13.5. The van der Waals surface area contributed by atoms with Crippen molar-refractivity contribution in [3.63, 3.8) is 0 Å². The van der Waals surface area contributed by atoms with Crippen molar-refractivity contribution >= 4 is 17.6 Å². The first-order chi connectivity index (χ1) is 11.0. The number of esters is 1. The van der Waals surface area contributed by atoms with Gasteiger partial charge in [-0.25, -0.2) is 4.79 Å². The second-order valence-corrected chi connectivity index (χ2v) is 5.18. The summed E-state index contributed by atoms with van der Waals surface area (Å²) in [6, 6.07) is 6.79. The topological polar surface area (TPSA) is 76.1 Å². The van der Waals surface area contributed by atoms with Crippen LogP contribution in [0.15, 0.2) is 35.6 Å². The summed E-state index contributed by atoms with van der Waals surface area (Å²) in [4.78, 5) is 26.3. The van der Waals surface area contributed by atoms with Gasteiger partial charge in [0.1, 0.15) is 11.5 Å². The second kappa shape index (κ2) is 7.17. The molecule has 1 atom stereocenters. The van der Waals surface area contributed by atoms with E-state index >= 15 is 0 Å². The van der Waals surface area contributed by atoms with Crippen molar-refractivity contribution in [2.24, 2.45) is 0 Å². The van der Waals surface area contributed by atoms with Crippen molar-refractivity contribution < 1.29 is 24.2 Å². The largest absolute Gasteiger partial charge is 0.511 e. The maximum absolute atomic E-state index is 12.8. The molecule has 6 nitrogen and oxygen atoms in total. The minimum Gasteiger partial charge on any atom is -0.511 e. The molecular weight excluding hydrogens is 298 g/mol. The van der Waals surface area contributed by atoms with Crippen LogP contribution in [0.1, 0.15) is 26.7 Å². The Morgan fingerprint density at radius 1 is 1.30 bits per heavy atom. The van der Waals surface area contributed by atoms with Gasteiger partial charge in [0.2, 0.25) is 0 Å². The van der Waals surface area contributed by atoms with Crippen molar-refractivity contribution in [1.82, 2.24) is 0 Å². The van der Waals surface area contributed by atoms with E-state index in [4.69, 9.17) is 9.47 Å². The lowest BCUT2D eigenvalue weighted by Gasteiger charge is -2.35. The summed E-state index contributed by atoms with van der Waals surface area (Å²) in [5, 5.41) is 10.1. The minimum absolute atomic E-state index is 0.142. The number of carbonyl (C=O) groups excluding carboxylic acids is 2. The molecule has 6 heteroatoms. The Bertz CT molecular complexity index is 620. The van der Waals surface area contributed by atoms with Gasteiger partial charge < -0.3 is 19.5 Å². The van der Waals surface area contributed by atoms with Gasteiger partial charge >= 0.3 is 5.97 Å². The molecule has 0 saturated heterocycles. The first-order valence-electron chi connectivity index (χ1n) is 7.60. The number of ether oxygens (including phenoxy) is 2. The average molecular weight is 319 g/mol. The summed E-state index contributed by atoms with van der Waals surface area (Å²) in [5.41, 5.74) is 0.365. The number of rotatable bonds is 5. The molecule has 1 N–H and O–H groups in total. The molecule has 0 aliphatic carbocycles. The molecular formula is C17H21NO5. The highest BCUT2D eigenvalue weighted by Gasteiger charge is 2.38. The molecule has 0 fully saturated rings. The summed E-state index contributed by atoms with van der Waals surface area (Å²) < 4.78 is 10.0. The maximum Gasteiger partial charge on any atom is 0.347 e. The number of methoxy groups -OCH3 is 1. The number of nitrogens with zero attached hydrogens (tertiary/aromatic N) is 1. The van der Waals surface area contributed by atoms with Crippen LogP contribution in [-0.4, -0.2) is 36.7 Å². The normalized spacial score (nSPS) is 18.1. The molecule has 23 heavy (non-hydrogen) atoms. The van der Waals surface area contributed by atoms with Gasteiger partial charge in [0.15, 0.2) is 5.57 Å². The highest BCUT2D eigenvalue weighted by Crippen LogP contribution is 2.31. The van der Waals surface area contributed by atoms with Crippen LogP contribution in [0, 0.1) is 0 Å². The lowest BCUT2D eigenvalue weighted by molar-refractivity contribution is -0.140. The average Bonchev–Trinajstić information content (AvgIpc) is 2.54. The van der Waals surface area contributed by atoms with Gasteiger partial charge in [0.05, 0.1) is 13.7 Å². The van der Waals surface area contributed by atoms with E-state index in [0.717, 1.165) is 0 Å². The predicted octanol–water partition coefficient (Wildman–Crippen LogP) is 2.59. The van der Waals surface area contributed by atoms with Crippen molar-refractivity contribution in [1.29, 1.82) is 0 Å². The Morgan fingerprint density at radius 3 is 2.48 bits per heavy atom. The van der Waals surface area contributed by atoms with E-state index in [1.54, 1.807) is 38.3 Å². The molecule has 124 valence electrons. The first kappa shape index (κ1) is 16.9. The van der Waals surface area contributed by atoms with E-state index in [1.165, 1.54) is 4.90 Å². The van der Waals surface area contributed by atoms with Crippen molar-refractivity contribution in [3.05, 3.63) is 35.6 Å². The molecule has 1 aliphatic rings. The highest BCUT2D eigenvalue weighted by atomic mass is 16.5. The van der Waals surface area contributed by atoms with Gasteiger partial charge in [-0.05, 0) is 37.6 Å². The fourth-order valence-electron chi connectivity index (χ4n) is 2.63. The molecule has 0 aromatic heterocycles. The van der Waals surface area contributed by atoms with Crippen LogP contribution in [0.2, 0.25) is 0 Å². The molecule has 1 amide bonds. The number of carbonyl (C=O) groups is 2. The minimum atomic E-state index is -0.789. The zero-order chi connectivity index (χ0) is 17.0. The number of hydrogen-bond acceptors (Lipinski definition) is 5. The van der Waals surface area contributed by atoms with Gasteiger partial charge in [-0.1, -0.05) is 6.92 Å². The lowest BCUT2D eigenvalue weighted by Crippen LogP contribution is -2.46. The van der Waals surface area contributed by atoms with Crippen LogP contribution in [0.4, 0.5) is 5.69 Å². The standard InChI is InChI=1S/C17H21NO5/c1-4-11-10-14(19)15(17(21)23-5-2)16(20)18(11)12-6-8-13(22-3)9-7-12/h6-9,11,19H,4-5,10H2,1-3H3. The Kier molecular flexibility index (Phi) is 5.26. The zero-order valence-electron chi connectivity index (χ0n) is 13.5. The molecule has 0 spiro atoms. The third kappa shape index (κ3) is 3.31. The highest BCUT2D eigenvalue weighted by molar-refractivity contribution is 6.23. The predicted molar refractivity (Wildman–Crippen MR) is 85.5 cm³/mol. The monoisotopic (exact) mass is 319 g/mol. The third-order valence-electron chi connectivity index (χ3n) is 3.82. The maximum atomic E-state index is 12.8. The van der Waals surface area contributed by atoms with Gasteiger partial charge in [0.25, 0.3) is 5.91 Å². The Balaban J connectivity index is 2.40. The summed E-state index contributed by atoms with van der Waals surface area (Å²) in [6.07, 6.45) is 0.875. The van der Waals surface area contributed by atoms with Gasteiger partial charge in [0, 0.05) is 18.2 Å². The van der Waals surface area contributed by atoms with Crippen LogP contribution in [0.5, 0.6) is 5.75 Å².